The van der Waals surface area contributed by atoms with E-state index in [2.05, 4.69) is 22.6 Å². The maximum absolute atomic E-state index is 6.02. The highest BCUT2D eigenvalue weighted by Crippen LogP contribution is 2.29. The van der Waals surface area contributed by atoms with Gasteiger partial charge in [0, 0.05) is 14.2 Å². The fourth-order valence-corrected chi connectivity index (χ4v) is 1.85. The molecule has 0 aliphatic heterocycles. The van der Waals surface area contributed by atoms with E-state index in [1.54, 1.807) is 0 Å². The third-order valence-corrected chi connectivity index (χ3v) is 3.39. The Morgan fingerprint density at radius 3 is 2.44 bits per heavy atom. The van der Waals surface area contributed by atoms with Gasteiger partial charge in [-0.05, 0) is 65.9 Å². The molecule has 0 saturated heterocycles. The lowest BCUT2D eigenvalue weighted by Gasteiger charge is -2.09. The standard InChI is InChI=1S/C13H10ClIO/c1-9-12(14)3-2-4-13(9)16-11-7-5-10(15)6-8-11/h2-8H,1H3. The van der Waals surface area contributed by atoms with Gasteiger partial charge in [-0.1, -0.05) is 17.7 Å². The van der Waals surface area contributed by atoms with Crippen LogP contribution in [0.1, 0.15) is 5.56 Å². The van der Waals surface area contributed by atoms with Crippen molar-refractivity contribution in [3.8, 4) is 11.5 Å². The van der Waals surface area contributed by atoms with Crippen LogP contribution >= 0.6 is 34.2 Å². The van der Waals surface area contributed by atoms with E-state index in [9.17, 15) is 0 Å². The first-order valence-corrected chi connectivity index (χ1v) is 6.31. The van der Waals surface area contributed by atoms with Crippen LogP contribution in [0.2, 0.25) is 5.02 Å². The first kappa shape index (κ1) is 11.7. The lowest BCUT2D eigenvalue weighted by atomic mass is 10.2. The average Bonchev–Trinajstić information content (AvgIpc) is 2.28. The monoisotopic (exact) mass is 344 g/mol. The molecule has 0 saturated carbocycles. The van der Waals surface area contributed by atoms with Gasteiger partial charge in [-0.3, -0.25) is 0 Å². The Labute approximate surface area is 114 Å². The third kappa shape index (κ3) is 2.68. The maximum Gasteiger partial charge on any atom is 0.131 e. The molecule has 82 valence electrons. The van der Waals surface area contributed by atoms with Crippen LogP contribution in [0.5, 0.6) is 11.5 Å². The topological polar surface area (TPSA) is 9.23 Å². The molecular formula is C13H10ClIO. The van der Waals surface area contributed by atoms with Crippen molar-refractivity contribution in [1.82, 2.24) is 0 Å². The molecule has 1 nitrogen and oxygen atoms in total. The van der Waals surface area contributed by atoms with Crippen LogP contribution in [0, 0.1) is 10.5 Å². The minimum absolute atomic E-state index is 0.725. The molecule has 0 atom stereocenters. The van der Waals surface area contributed by atoms with Gasteiger partial charge in [0.15, 0.2) is 0 Å². The molecular weight excluding hydrogens is 334 g/mol. The van der Waals surface area contributed by atoms with Crippen molar-refractivity contribution in [1.29, 1.82) is 0 Å². The summed E-state index contributed by atoms with van der Waals surface area (Å²) < 4.78 is 6.94. The molecule has 0 fully saturated rings. The summed E-state index contributed by atoms with van der Waals surface area (Å²) in [6.45, 7) is 1.95. The molecule has 0 aliphatic rings. The minimum atomic E-state index is 0.725. The minimum Gasteiger partial charge on any atom is -0.457 e. The summed E-state index contributed by atoms with van der Waals surface area (Å²) >= 11 is 8.29. The number of halogens is 2. The summed E-state index contributed by atoms with van der Waals surface area (Å²) in [6.07, 6.45) is 0. The van der Waals surface area contributed by atoms with Gasteiger partial charge in [0.1, 0.15) is 11.5 Å². The molecule has 0 spiro atoms. The van der Waals surface area contributed by atoms with Crippen LogP contribution in [-0.4, -0.2) is 0 Å². The predicted molar refractivity (Wildman–Crippen MR) is 75.4 cm³/mol. The Kier molecular flexibility index (Phi) is 3.71. The lowest BCUT2D eigenvalue weighted by molar-refractivity contribution is 0.479. The molecule has 0 heterocycles. The SMILES string of the molecule is Cc1c(Cl)cccc1Oc1ccc(I)cc1. The quantitative estimate of drug-likeness (QED) is 0.693. The van der Waals surface area contributed by atoms with Gasteiger partial charge in [0.05, 0.1) is 0 Å². The van der Waals surface area contributed by atoms with Crippen molar-refractivity contribution in [3.63, 3.8) is 0 Å². The zero-order valence-corrected chi connectivity index (χ0v) is 11.6. The smallest absolute Gasteiger partial charge is 0.131 e. The molecule has 2 rings (SSSR count). The molecule has 2 aromatic rings. The number of rotatable bonds is 2. The van der Waals surface area contributed by atoms with Gasteiger partial charge in [-0.2, -0.15) is 0 Å². The second-order valence-corrected chi connectivity index (χ2v) is 5.07. The van der Waals surface area contributed by atoms with E-state index in [0.29, 0.717) is 0 Å². The van der Waals surface area contributed by atoms with Crippen molar-refractivity contribution in [2.75, 3.05) is 0 Å². The van der Waals surface area contributed by atoms with E-state index in [0.717, 1.165) is 22.1 Å². The fraction of sp³-hybridized carbons (Fsp3) is 0.0769. The molecule has 0 amide bonds. The Balaban J connectivity index is 2.27. The van der Waals surface area contributed by atoms with E-state index in [-0.39, 0.29) is 0 Å². The molecule has 16 heavy (non-hydrogen) atoms. The summed E-state index contributed by atoms with van der Waals surface area (Å²) in [4.78, 5) is 0. The van der Waals surface area contributed by atoms with Crippen molar-refractivity contribution in [2.45, 2.75) is 6.92 Å². The highest BCUT2D eigenvalue weighted by atomic mass is 127. The van der Waals surface area contributed by atoms with E-state index >= 15 is 0 Å². The van der Waals surface area contributed by atoms with E-state index in [1.165, 1.54) is 3.57 Å². The first-order chi connectivity index (χ1) is 7.66. The Morgan fingerprint density at radius 2 is 1.75 bits per heavy atom. The molecule has 2 aromatic carbocycles. The summed E-state index contributed by atoms with van der Waals surface area (Å²) in [5.41, 5.74) is 0.961. The number of benzene rings is 2. The van der Waals surface area contributed by atoms with Gasteiger partial charge in [-0.15, -0.1) is 0 Å². The summed E-state index contributed by atoms with van der Waals surface area (Å²) in [5, 5.41) is 0.725. The summed E-state index contributed by atoms with van der Waals surface area (Å²) in [6, 6.07) is 13.6. The molecule has 0 unspecified atom stereocenters. The molecule has 0 N–H and O–H groups in total. The van der Waals surface area contributed by atoms with Crippen LogP contribution in [0.4, 0.5) is 0 Å². The van der Waals surface area contributed by atoms with Crippen LogP contribution in [0.3, 0.4) is 0 Å². The van der Waals surface area contributed by atoms with Gasteiger partial charge >= 0.3 is 0 Å². The van der Waals surface area contributed by atoms with Crippen molar-refractivity contribution >= 4 is 34.2 Å². The summed E-state index contributed by atoms with van der Waals surface area (Å²) in [7, 11) is 0. The zero-order chi connectivity index (χ0) is 11.5. The Morgan fingerprint density at radius 1 is 1.06 bits per heavy atom. The van der Waals surface area contributed by atoms with E-state index in [4.69, 9.17) is 16.3 Å². The molecule has 0 radical (unpaired) electrons. The largest absolute Gasteiger partial charge is 0.457 e. The first-order valence-electron chi connectivity index (χ1n) is 4.85. The van der Waals surface area contributed by atoms with Crippen LogP contribution in [0.15, 0.2) is 42.5 Å². The van der Waals surface area contributed by atoms with Crippen LogP contribution in [0.25, 0.3) is 0 Å². The number of ether oxygens (including phenoxy) is 1. The highest BCUT2D eigenvalue weighted by Gasteiger charge is 2.04. The van der Waals surface area contributed by atoms with Crippen LogP contribution < -0.4 is 4.74 Å². The third-order valence-electron chi connectivity index (χ3n) is 2.26. The highest BCUT2D eigenvalue weighted by molar-refractivity contribution is 14.1. The zero-order valence-electron chi connectivity index (χ0n) is 8.71. The van der Waals surface area contributed by atoms with Gasteiger partial charge < -0.3 is 4.74 Å². The molecule has 3 heteroatoms. The lowest BCUT2D eigenvalue weighted by Crippen LogP contribution is -1.88. The van der Waals surface area contributed by atoms with Gasteiger partial charge in [-0.25, -0.2) is 0 Å². The van der Waals surface area contributed by atoms with Gasteiger partial charge in [0.2, 0.25) is 0 Å². The van der Waals surface area contributed by atoms with Crippen LogP contribution in [-0.2, 0) is 0 Å². The van der Waals surface area contributed by atoms with Crippen molar-refractivity contribution in [3.05, 3.63) is 56.6 Å². The van der Waals surface area contributed by atoms with Crippen molar-refractivity contribution in [2.24, 2.45) is 0 Å². The van der Waals surface area contributed by atoms with Crippen molar-refractivity contribution < 1.29 is 4.74 Å². The number of hydrogen-bond donors (Lipinski definition) is 0. The fourth-order valence-electron chi connectivity index (χ4n) is 1.33. The molecule has 0 aliphatic carbocycles. The predicted octanol–water partition coefficient (Wildman–Crippen LogP) is 5.05. The second kappa shape index (κ2) is 5.06. The maximum atomic E-state index is 6.02. The molecule has 0 bridgehead atoms. The Hall–Kier alpha value is -0.740. The summed E-state index contributed by atoms with van der Waals surface area (Å²) in [5.74, 6) is 1.62. The molecule has 0 aromatic heterocycles. The van der Waals surface area contributed by atoms with E-state index < -0.39 is 0 Å². The average molecular weight is 345 g/mol. The second-order valence-electron chi connectivity index (χ2n) is 3.42. The van der Waals surface area contributed by atoms with E-state index in [1.807, 2.05) is 49.4 Å². The normalized spacial score (nSPS) is 10.2. The number of hydrogen-bond acceptors (Lipinski definition) is 1. The van der Waals surface area contributed by atoms with Gasteiger partial charge in [0.25, 0.3) is 0 Å². The Bertz CT molecular complexity index is 494.